The van der Waals surface area contributed by atoms with E-state index in [4.69, 9.17) is 10.2 Å². The van der Waals surface area contributed by atoms with Crippen molar-refractivity contribution < 1.29 is 19.8 Å². The minimum atomic E-state index is -0.880. The number of aliphatic hydroxyl groups excluding tert-OH is 1. The van der Waals surface area contributed by atoms with Crippen molar-refractivity contribution in [1.82, 2.24) is 4.90 Å². The number of likely N-dealkylation sites (N-methyl/N-ethyl adjacent to an activating group) is 1. The van der Waals surface area contributed by atoms with Gasteiger partial charge in [0.2, 0.25) is 0 Å². The molecule has 0 radical (unpaired) electrons. The van der Waals surface area contributed by atoms with Crippen molar-refractivity contribution in [3.63, 3.8) is 0 Å². The van der Waals surface area contributed by atoms with E-state index in [1.165, 1.54) is 9.80 Å². The number of carbonyl (C=O) groups is 2. The predicted molar refractivity (Wildman–Crippen MR) is 75.8 cm³/mol. The number of rotatable bonds is 7. The van der Waals surface area contributed by atoms with Crippen LogP contribution in [0.2, 0.25) is 0 Å². The SMILES string of the molecule is CN(CCO)C(=O)N(CCCC(=O)O)c1ccccc1. The number of nitrogens with zero attached hydrogens (tertiary/aromatic N) is 2. The number of urea groups is 1. The molecule has 0 aliphatic carbocycles. The zero-order chi connectivity index (χ0) is 15.0. The molecule has 0 aromatic heterocycles. The third kappa shape index (κ3) is 4.89. The van der Waals surface area contributed by atoms with E-state index in [0.717, 1.165) is 0 Å². The lowest BCUT2D eigenvalue weighted by atomic mass is 10.2. The Labute approximate surface area is 118 Å². The van der Waals surface area contributed by atoms with E-state index in [2.05, 4.69) is 0 Å². The molecule has 0 aliphatic rings. The van der Waals surface area contributed by atoms with E-state index < -0.39 is 5.97 Å². The number of carboxylic acids is 1. The number of aliphatic carboxylic acids is 1. The van der Waals surface area contributed by atoms with Crippen LogP contribution in [0.1, 0.15) is 12.8 Å². The van der Waals surface area contributed by atoms with Gasteiger partial charge >= 0.3 is 12.0 Å². The van der Waals surface area contributed by atoms with E-state index >= 15 is 0 Å². The molecule has 0 fully saturated rings. The molecule has 1 rings (SSSR count). The van der Waals surface area contributed by atoms with Gasteiger partial charge in [0.05, 0.1) is 6.61 Å². The Kier molecular flexibility index (Phi) is 6.52. The lowest BCUT2D eigenvalue weighted by Crippen LogP contribution is -2.43. The molecule has 0 saturated carbocycles. The van der Waals surface area contributed by atoms with E-state index in [1.807, 2.05) is 18.2 Å². The summed E-state index contributed by atoms with van der Waals surface area (Å²) in [5.41, 5.74) is 0.715. The molecule has 0 aliphatic heterocycles. The van der Waals surface area contributed by atoms with Gasteiger partial charge in [0.15, 0.2) is 0 Å². The fourth-order valence-electron chi connectivity index (χ4n) is 1.78. The van der Waals surface area contributed by atoms with Crippen molar-refractivity contribution in [1.29, 1.82) is 0 Å². The number of amides is 2. The lowest BCUT2D eigenvalue weighted by Gasteiger charge is -2.28. The molecule has 1 aromatic carbocycles. The van der Waals surface area contributed by atoms with Gasteiger partial charge in [-0.15, -0.1) is 0 Å². The van der Waals surface area contributed by atoms with Crippen molar-refractivity contribution >= 4 is 17.7 Å². The quantitative estimate of drug-likeness (QED) is 0.791. The summed E-state index contributed by atoms with van der Waals surface area (Å²) in [6, 6.07) is 8.82. The van der Waals surface area contributed by atoms with Gasteiger partial charge in [0.25, 0.3) is 0 Å². The van der Waals surface area contributed by atoms with Crippen LogP contribution in [0.4, 0.5) is 10.5 Å². The Bertz CT molecular complexity index is 436. The Morgan fingerprint density at radius 2 is 1.80 bits per heavy atom. The van der Waals surface area contributed by atoms with Crippen molar-refractivity contribution in [2.75, 3.05) is 31.6 Å². The fourth-order valence-corrected chi connectivity index (χ4v) is 1.78. The van der Waals surface area contributed by atoms with E-state index in [1.54, 1.807) is 19.2 Å². The van der Waals surface area contributed by atoms with Crippen molar-refractivity contribution in [2.45, 2.75) is 12.8 Å². The highest BCUT2D eigenvalue weighted by molar-refractivity contribution is 5.91. The van der Waals surface area contributed by atoms with Crippen LogP contribution in [0.15, 0.2) is 30.3 Å². The first-order valence-corrected chi connectivity index (χ1v) is 6.46. The number of aliphatic hydroxyl groups is 1. The number of carboxylic acid groups (broad SMARTS) is 1. The molecule has 0 spiro atoms. The van der Waals surface area contributed by atoms with Crippen LogP contribution in [0.3, 0.4) is 0 Å². The summed E-state index contributed by atoms with van der Waals surface area (Å²) >= 11 is 0. The molecule has 1 aromatic rings. The zero-order valence-electron chi connectivity index (χ0n) is 11.5. The number of anilines is 1. The molecule has 110 valence electrons. The molecule has 0 saturated heterocycles. The van der Waals surface area contributed by atoms with Crippen LogP contribution in [-0.2, 0) is 4.79 Å². The second-order valence-corrected chi connectivity index (χ2v) is 4.41. The van der Waals surface area contributed by atoms with Crippen LogP contribution >= 0.6 is 0 Å². The van der Waals surface area contributed by atoms with Gasteiger partial charge in [-0.05, 0) is 18.6 Å². The highest BCUT2D eigenvalue weighted by atomic mass is 16.4. The second-order valence-electron chi connectivity index (χ2n) is 4.41. The summed E-state index contributed by atoms with van der Waals surface area (Å²) in [6.07, 6.45) is 0.392. The Hall–Kier alpha value is -2.08. The van der Waals surface area contributed by atoms with Gasteiger partial charge < -0.3 is 15.1 Å². The first-order chi connectivity index (χ1) is 9.56. The smallest absolute Gasteiger partial charge is 0.324 e. The second kappa shape index (κ2) is 8.16. The van der Waals surface area contributed by atoms with Crippen LogP contribution in [0.5, 0.6) is 0 Å². The Morgan fingerprint density at radius 3 is 2.35 bits per heavy atom. The minimum absolute atomic E-state index is 0.0142. The van der Waals surface area contributed by atoms with Gasteiger partial charge in [0.1, 0.15) is 0 Å². The third-order valence-corrected chi connectivity index (χ3v) is 2.83. The van der Waals surface area contributed by atoms with Crippen molar-refractivity contribution in [3.05, 3.63) is 30.3 Å². The number of carbonyl (C=O) groups excluding carboxylic acids is 1. The third-order valence-electron chi connectivity index (χ3n) is 2.83. The van der Waals surface area contributed by atoms with E-state index in [9.17, 15) is 9.59 Å². The number of benzene rings is 1. The molecule has 0 heterocycles. The molecule has 0 atom stereocenters. The van der Waals surface area contributed by atoms with Crippen molar-refractivity contribution in [2.24, 2.45) is 0 Å². The Balaban J connectivity index is 2.79. The van der Waals surface area contributed by atoms with E-state index in [0.29, 0.717) is 18.7 Å². The summed E-state index contributed by atoms with van der Waals surface area (Å²) in [5.74, 6) is -0.880. The minimum Gasteiger partial charge on any atom is -0.481 e. The highest BCUT2D eigenvalue weighted by Gasteiger charge is 2.19. The zero-order valence-corrected chi connectivity index (χ0v) is 11.5. The first kappa shape index (κ1) is 16.0. The maximum absolute atomic E-state index is 12.3. The Morgan fingerprint density at radius 1 is 1.15 bits per heavy atom. The van der Waals surface area contributed by atoms with Crippen LogP contribution in [0, 0.1) is 0 Å². The number of hydrogen-bond acceptors (Lipinski definition) is 3. The summed E-state index contributed by atoms with van der Waals surface area (Å²) in [7, 11) is 1.60. The highest BCUT2D eigenvalue weighted by Crippen LogP contribution is 2.16. The average molecular weight is 280 g/mol. The largest absolute Gasteiger partial charge is 0.481 e. The van der Waals surface area contributed by atoms with Crippen LogP contribution in [-0.4, -0.2) is 53.9 Å². The van der Waals surface area contributed by atoms with E-state index in [-0.39, 0.29) is 25.6 Å². The number of para-hydroxylation sites is 1. The van der Waals surface area contributed by atoms with Gasteiger partial charge in [-0.25, -0.2) is 4.79 Å². The number of hydrogen-bond donors (Lipinski definition) is 2. The van der Waals surface area contributed by atoms with Gasteiger partial charge in [0, 0.05) is 32.2 Å². The van der Waals surface area contributed by atoms with Gasteiger partial charge in [-0.2, -0.15) is 0 Å². The maximum Gasteiger partial charge on any atom is 0.324 e. The molecule has 6 nitrogen and oxygen atoms in total. The summed E-state index contributed by atoms with van der Waals surface area (Å²) < 4.78 is 0. The summed E-state index contributed by atoms with van der Waals surface area (Å²) in [4.78, 5) is 25.8. The van der Waals surface area contributed by atoms with Crippen molar-refractivity contribution in [3.8, 4) is 0 Å². The normalized spacial score (nSPS) is 10.1. The molecule has 0 bridgehead atoms. The topological polar surface area (TPSA) is 81.1 Å². The molecular weight excluding hydrogens is 260 g/mol. The molecule has 6 heteroatoms. The maximum atomic E-state index is 12.3. The standard InChI is InChI=1S/C14H20N2O4/c1-15(10-11-17)14(20)16(9-5-8-13(18)19)12-6-3-2-4-7-12/h2-4,6-7,17H,5,8-11H2,1H3,(H,18,19). The van der Waals surface area contributed by atoms with Gasteiger partial charge in [-0.3, -0.25) is 9.69 Å². The monoisotopic (exact) mass is 280 g/mol. The summed E-state index contributed by atoms with van der Waals surface area (Å²) in [6.45, 7) is 0.450. The van der Waals surface area contributed by atoms with Crippen LogP contribution in [0.25, 0.3) is 0 Å². The predicted octanol–water partition coefficient (Wildman–Crippen LogP) is 1.40. The molecule has 2 N–H and O–H groups in total. The molecular formula is C14H20N2O4. The molecule has 2 amide bonds. The summed E-state index contributed by atoms with van der Waals surface area (Å²) in [5, 5.41) is 17.6. The lowest BCUT2D eigenvalue weighted by molar-refractivity contribution is -0.137. The molecule has 20 heavy (non-hydrogen) atoms. The molecule has 0 unspecified atom stereocenters. The average Bonchev–Trinajstić information content (AvgIpc) is 2.44. The fraction of sp³-hybridized carbons (Fsp3) is 0.429. The van der Waals surface area contributed by atoms with Gasteiger partial charge in [-0.1, -0.05) is 18.2 Å². The van der Waals surface area contributed by atoms with Crippen LogP contribution < -0.4 is 4.90 Å². The first-order valence-electron chi connectivity index (χ1n) is 6.46.